The summed E-state index contributed by atoms with van der Waals surface area (Å²) in [5, 5.41) is 4.20. The average Bonchev–Trinajstić information content (AvgIpc) is 2.56. The van der Waals surface area contributed by atoms with E-state index in [1.54, 1.807) is 6.07 Å². The SMILES string of the molecule is Fc1cnc2[nH]c3c(c2c1)CCNC3. The Labute approximate surface area is 80.3 Å². The van der Waals surface area contributed by atoms with Gasteiger partial charge in [-0.05, 0) is 24.6 Å². The number of hydrogen-bond donors (Lipinski definition) is 2. The molecule has 0 unspecified atom stereocenters. The summed E-state index contributed by atoms with van der Waals surface area (Å²) in [5.74, 6) is -0.266. The Morgan fingerprint density at radius 3 is 3.29 bits per heavy atom. The van der Waals surface area contributed by atoms with Crippen LogP contribution in [-0.2, 0) is 13.0 Å². The van der Waals surface area contributed by atoms with Crippen LogP contribution in [0.4, 0.5) is 4.39 Å². The van der Waals surface area contributed by atoms with Crippen molar-refractivity contribution in [3.63, 3.8) is 0 Å². The molecule has 0 aliphatic carbocycles. The molecule has 1 aliphatic rings. The Kier molecular flexibility index (Phi) is 1.58. The van der Waals surface area contributed by atoms with Crippen LogP contribution in [0.5, 0.6) is 0 Å². The number of aromatic nitrogens is 2. The molecule has 0 bridgehead atoms. The molecule has 2 aromatic rings. The van der Waals surface area contributed by atoms with E-state index >= 15 is 0 Å². The van der Waals surface area contributed by atoms with E-state index in [9.17, 15) is 4.39 Å². The minimum Gasteiger partial charge on any atom is -0.342 e. The van der Waals surface area contributed by atoms with Crippen LogP contribution in [0.25, 0.3) is 11.0 Å². The van der Waals surface area contributed by atoms with Crippen LogP contribution >= 0.6 is 0 Å². The Balaban J connectivity index is 2.32. The van der Waals surface area contributed by atoms with E-state index in [4.69, 9.17) is 0 Å². The fourth-order valence-electron chi connectivity index (χ4n) is 2.01. The first-order valence-corrected chi connectivity index (χ1v) is 4.70. The van der Waals surface area contributed by atoms with Gasteiger partial charge in [0.05, 0.1) is 6.20 Å². The Morgan fingerprint density at radius 2 is 2.36 bits per heavy atom. The van der Waals surface area contributed by atoms with E-state index in [-0.39, 0.29) is 5.82 Å². The van der Waals surface area contributed by atoms with E-state index in [1.807, 2.05) is 0 Å². The molecule has 0 amide bonds. The molecular weight excluding hydrogens is 181 g/mol. The molecule has 0 saturated carbocycles. The molecule has 2 N–H and O–H groups in total. The second-order valence-corrected chi connectivity index (χ2v) is 3.56. The summed E-state index contributed by atoms with van der Waals surface area (Å²) < 4.78 is 13.0. The van der Waals surface area contributed by atoms with Crippen LogP contribution < -0.4 is 5.32 Å². The van der Waals surface area contributed by atoms with E-state index in [1.165, 1.54) is 11.8 Å². The van der Waals surface area contributed by atoms with Gasteiger partial charge in [-0.3, -0.25) is 0 Å². The van der Waals surface area contributed by atoms with Crippen molar-refractivity contribution < 1.29 is 4.39 Å². The van der Waals surface area contributed by atoms with Crippen LogP contribution in [0.3, 0.4) is 0 Å². The van der Waals surface area contributed by atoms with Crippen molar-refractivity contribution in [1.82, 2.24) is 15.3 Å². The molecular formula is C10H10FN3. The number of H-pyrrole nitrogens is 1. The molecule has 3 nitrogen and oxygen atoms in total. The molecule has 0 atom stereocenters. The van der Waals surface area contributed by atoms with Crippen LogP contribution in [0.2, 0.25) is 0 Å². The fourth-order valence-corrected chi connectivity index (χ4v) is 2.01. The molecule has 0 radical (unpaired) electrons. The number of halogens is 1. The third-order valence-corrected chi connectivity index (χ3v) is 2.67. The minimum atomic E-state index is -0.266. The zero-order valence-electron chi connectivity index (χ0n) is 7.60. The highest BCUT2D eigenvalue weighted by Gasteiger charge is 2.15. The molecule has 3 heterocycles. The number of rotatable bonds is 0. The molecule has 2 aromatic heterocycles. The zero-order chi connectivity index (χ0) is 9.54. The Bertz CT molecular complexity index is 489. The van der Waals surface area contributed by atoms with Crippen molar-refractivity contribution in [3.8, 4) is 0 Å². The standard InChI is InChI=1S/C10H10FN3/c11-6-3-8-7-1-2-12-5-9(7)14-10(8)13-4-6/h3-4,12H,1-2,5H2,(H,13,14). The van der Waals surface area contributed by atoms with Gasteiger partial charge in [-0.2, -0.15) is 0 Å². The van der Waals surface area contributed by atoms with E-state index in [2.05, 4.69) is 15.3 Å². The largest absolute Gasteiger partial charge is 0.342 e. The first-order valence-electron chi connectivity index (χ1n) is 4.70. The van der Waals surface area contributed by atoms with Gasteiger partial charge in [0.2, 0.25) is 0 Å². The second kappa shape index (κ2) is 2.78. The highest BCUT2D eigenvalue weighted by atomic mass is 19.1. The summed E-state index contributed by atoms with van der Waals surface area (Å²) in [6, 6.07) is 1.56. The van der Waals surface area contributed by atoms with Gasteiger partial charge in [0, 0.05) is 17.6 Å². The van der Waals surface area contributed by atoms with Crippen molar-refractivity contribution in [1.29, 1.82) is 0 Å². The molecule has 14 heavy (non-hydrogen) atoms. The molecule has 4 heteroatoms. The second-order valence-electron chi connectivity index (χ2n) is 3.56. The number of nitrogens with zero attached hydrogens (tertiary/aromatic N) is 1. The van der Waals surface area contributed by atoms with Gasteiger partial charge in [-0.25, -0.2) is 9.37 Å². The molecule has 0 spiro atoms. The van der Waals surface area contributed by atoms with Gasteiger partial charge in [0.15, 0.2) is 0 Å². The lowest BCUT2D eigenvalue weighted by Crippen LogP contribution is -2.22. The summed E-state index contributed by atoms with van der Waals surface area (Å²) in [5.41, 5.74) is 3.15. The Hall–Kier alpha value is -1.42. The minimum absolute atomic E-state index is 0.266. The summed E-state index contributed by atoms with van der Waals surface area (Å²) >= 11 is 0. The summed E-state index contributed by atoms with van der Waals surface area (Å²) in [6.07, 6.45) is 2.19. The highest BCUT2D eigenvalue weighted by molar-refractivity contribution is 5.81. The predicted octanol–water partition coefficient (Wildman–Crippen LogP) is 1.35. The van der Waals surface area contributed by atoms with Gasteiger partial charge in [0.1, 0.15) is 11.5 Å². The molecule has 1 aliphatic heterocycles. The van der Waals surface area contributed by atoms with Crippen molar-refractivity contribution in [2.24, 2.45) is 0 Å². The third kappa shape index (κ3) is 1.04. The van der Waals surface area contributed by atoms with Crippen molar-refractivity contribution in [2.75, 3.05) is 6.54 Å². The number of aromatic amines is 1. The summed E-state index contributed by atoms with van der Waals surface area (Å²) in [6.45, 7) is 1.78. The predicted molar refractivity (Wildman–Crippen MR) is 51.5 cm³/mol. The van der Waals surface area contributed by atoms with Crippen molar-refractivity contribution >= 4 is 11.0 Å². The number of fused-ring (bicyclic) bond motifs is 3. The maximum atomic E-state index is 13.0. The van der Waals surface area contributed by atoms with E-state index < -0.39 is 0 Å². The quantitative estimate of drug-likeness (QED) is 0.660. The van der Waals surface area contributed by atoms with E-state index in [0.29, 0.717) is 0 Å². The van der Waals surface area contributed by atoms with Gasteiger partial charge >= 0.3 is 0 Å². The molecule has 0 fully saturated rings. The fraction of sp³-hybridized carbons (Fsp3) is 0.300. The maximum Gasteiger partial charge on any atom is 0.142 e. The van der Waals surface area contributed by atoms with Gasteiger partial charge in [-0.15, -0.1) is 0 Å². The van der Waals surface area contributed by atoms with Crippen LogP contribution in [-0.4, -0.2) is 16.5 Å². The first-order chi connectivity index (χ1) is 6.84. The third-order valence-electron chi connectivity index (χ3n) is 2.67. The van der Waals surface area contributed by atoms with Crippen molar-refractivity contribution in [2.45, 2.75) is 13.0 Å². The highest BCUT2D eigenvalue weighted by Crippen LogP contribution is 2.23. The lowest BCUT2D eigenvalue weighted by molar-refractivity contribution is 0.623. The van der Waals surface area contributed by atoms with Crippen LogP contribution in [0.1, 0.15) is 11.3 Å². The summed E-state index contributed by atoms with van der Waals surface area (Å²) in [7, 11) is 0. The first kappa shape index (κ1) is 7.94. The van der Waals surface area contributed by atoms with Crippen LogP contribution in [0.15, 0.2) is 12.3 Å². The van der Waals surface area contributed by atoms with E-state index in [0.717, 1.165) is 36.2 Å². The monoisotopic (exact) mass is 191 g/mol. The lowest BCUT2D eigenvalue weighted by atomic mass is 10.1. The topological polar surface area (TPSA) is 40.7 Å². The number of hydrogen-bond acceptors (Lipinski definition) is 2. The number of nitrogens with one attached hydrogen (secondary N) is 2. The maximum absolute atomic E-state index is 13.0. The van der Waals surface area contributed by atoms with Crippen molar-refractivity contribution in [3.05, 3.63) is 29.3 Å². The smallest absolute Gasteiger partial charge is 0.142 e. The molecule has 3 rings (SSSR count). The summed E-state index contributed by atoms with van der Waals surface area (Å²) in [4.78, 5) is 7.23. The van der Waals surface area contributed by atoms with Crippen LogP contribution in [0, 0.1) is 5.82 Å². The molecule has 0 aromatic carbocycles. The average molecular weight is 191 g/mol. The molecule has 0 saturated heterocycles. The van der Waals surface area contributed by atoms with Gasteiger partial charge in [-0.1, -0.05) is 0 Å². The molecule has 72 valence electrons. The van der Waals surface area contributed by atoms with Gasteiger partial charge in [0.25, 0.3) is 0 Å². The Morgan fingerprint density at radius 1 is 1.43 bits per heavy atom. The normalized spacial score (nSPS) is 15.8. The van der Waals surface area contributed by atoms with Gasteiger partial charge < -0.3 is 10.3 Å². The number of pyridine rings is 1. The zero-order valence-corrected chi connectivity index (χ0v) is 7.60. The lowest BCUT2D eigenvalue weighted by Gasteiger charge is -2.12.